The van der Waals surface area contributed by atoms with E-state index in [1.807, 2.05) is 79.7 Å². The first kappa shape index (κ1) is 50.4. The number of ether oxygens (including phenoxy) is 4. The van der Waals surface area contributed by atoms with E-state index in [0.29, 0.717) is 76.5 Å². The van der Waals surface area contributed by atoms with Crippen LogP contribution in [0.15, 0.2) is 96.0 Å². The van der Waals surface area contributed by atoms with Gasteiger partial charge in [0.25, 0.3) is 23.6 Å². The molecule has 0 aromatic heterocycles. The summed E-state index contributed by atoms with van der Waals surface area (Å²) in [5.74, 6) is -0.0894. The standard InChI is InChI=1S/C56H58N6O10S2/c1-33(15-18-53(65)72-62-51(63)16-17-52(62)64)73-74-56(2,3)32-59(4)38-20-34(30-70-49-26-43-41(24-47(49)68-5)54(66)60-39(28-57-43)22-36-11-7-9-13-45(36)60)19-35(21-38)31-71-50-27-44-42(25-48(50)69-6)55(67)61-40(29-58-44)23-37-12-8-10-14-46(37)61/h7-14,19-21,24-28,33,39-40,58H,15-18,22-23,29-32H2,1-6H3/t33?,39-,40-/m0/s1. The number of fused-ring (bicyclic) bond motifs is 8. The molecular weight excluding hydrogens is 981 g/mol. The molecular formula is C56H58N6O10S2. The number of carbonyl (C=O) groups excluding carboxylic acids is 5. The number of nitrogens with zero attached hydrogens (tertiary/aromatic N) is 5. The van der Waals surface area contributed by atoms with Gasteiger partial charge in [-0.25, -0.2) is 4.79 Å². The van der Waals surface area contributed by atoms with E-state index in [4.69, 9.17) is 28.8 Å². The van der Waals surface area contributed by atoms with Crippen LogP contribution in [-0.4, -0.2) is 97.3 Å². The van der Waals surface area contributed by atoms with Crippen LogP contribution in [0.1, 0.15) is 89.4 Å². The highest BCUT2D eigenvalue weighted by Crippen LogP contribution is 2.44. The van der Waals surface area contributed by atoms with Crippen molar-refractivity contribution in [3.8, 4) is 23.0 Å². The van der Waals surface area contributed by atoms with Crippen molar-refractivity contribution in [2.24, 2.45) is 4.99 Å². The number of hydrogen-bond acceptors (Lipinski definition) is 15. The fraction of sp³-hybridized carbons (Fsp3) is 0.357. The molecule has 5 heterocycles. The third-order valence-electron chi connectivity index (χ3n) is 13.8. The molecule has 4 amide bonds. The van der Waals surface area contributed by atoms with Crippen molar-refractivity contribution in [1.82, 2.24) is 5.06 Å². The smallest absolute Gasteiger partial charge is 0.333 e. The van der Waals surface area contributed by atoms with Gasteiger partial charge in [-0.05, 0) is 91.4 Å². The highest BCUT2D eigenvalue weighted by molar-refractivity contribution is 8.77. The molecule has 5 aliphatic heterocycles. The molecule has 18 heteroatoms. The van der Waals surface area contributed by atoms with Gasteiger partial charge in [0.15, 0.2) is 23.0 Å². The van der Waals surface area contributed by atoms with Crippen LogP contribution in [-0.2, 0) is 45.3 Å². The fourth-order valence-corrected chi connectivity index (χ4v) is 12.7. The molecule has 1 fully saturated rings. The van der Waals surface area contributed by atoms with Crippen molar-refractivity contribution in [3.05, 3.63) is 124 Å². The molecule has 0 saturated carbocycles. The normalized spacial score (nSPS) is 17.8. The minimum Gasteiger partial charge on any atom is -0.493 e. The zero-order valence-electron chi connectivity index (χ0n) is 42.2. The van der Waals surface area contributed by atoms with Crippen molar-refractivity contribution in [1.29, 1.82) is 0 Å². The van der Waals surface area contributed by atoms with Crippen LogP contribution < -0.4 is 39.0 Å². The largest absolute Gasteiger partial charge is 0.493 e. The van der Waals surface area contributed by atoms with E-state index >= 15 is 0 Å². The number of rotatable bonds is 18. The van der Waals surface area contributed by atoms with Crippen molar-refractivity contribution in [3.63, 3.8) is 0 Å². The van der Waals surface area contributed by atoms with Crippen molar-refractivity contribution >= 4 is 85.8 Å². The highest BCUT2D eigenvalue weighted by atomic mass is 33.1. The molecule has 10 rings (SSSR count). The number of imide groups is 1. The van der Waals surface area contributed by atoms with Gasteiger partial charge in [-0.1, -0.05) is 64.9 Å². The van der Waals surface area contributed by atoms with Crippen LogP contribution in [0.25, 0.3) is 0 Å². The lowest BCUT2D eigenvalue weighted by Gasteiger charge is -2.32. The fourth-order valence-electron chi connectivity index (χ4n) is 10.1. The first-order chi connectivity index (χ1) is 35.7. The van der Waals surface area contributed by atoms with Gasteiger partial charge in [0.2, 0.25) is 0 Å². The maximum Gasteiger partial charge on any atom is 0.333 e. The minimum absolute atomic E-state index is 0.0244. The van der Waals surface area contributed by atoms with Crippen LogP contribution in [0.4, 0.5) is 28.4 Å². The summed E-state index contributed by atoms with van der Waals surface area (Å²) >= 11 is 0. The van der Waals surface area contributed by atoms with Gasteiger partial charge in [0.1, 0.15) is 13.2 Å². The quantitative estimate of drug-likeness (QED) is 0.0651. The number of aliphatic imine (C=N–C) groups is 1. The number of amides is 4. The Balaban J connectivity index is 0.870. The number of methoxy groups -OCH3 is 2. The van der Waals surface area contributed by atoms with E-state index in [1.165, 1.54) is 0 Å². The van der Waals surface area contributed by atoms with Gasteiger partial charge in [0, 0.05) is 91.2 Å². The number of anilines is 4. The van der Waals surface area contributed by atoms with Crippen LogP contribution in [0.5, 0.6) is 23.0 Å². The Hall–Kier alpha value is -7.18. The molecule has 0 spiro atoms. The molecule has 1 N–H and O–H groups in total. The second kappa shape index (κ2) is 21.0. The Bertz CT molecular complexity index is 3080. The summed E-state index contributed by atoms with van der Waals surface area (Å²) in [6.07, 6.45) is 3.96. The van der Waals surface area contributed by atoms with Crippen molar-refractivity contribution in [2.45, 2.75) is 94.6 Å². The maximum atomic E-state index is 14.2. The lowest BCUT2D eigenvalue weighted by atomic mass is 10.1. The summed E-state index contributed by atoms with van der Waals surface area (Å²) in [6, 6.07) is 29.0. The summed E-state index contributed by atoms with van der Waals surface area (Å²) in [6.45, 7) is 7.88. The number of nitrogens with one attached hydrogen (secondary N) is 1. The van der Waals surface area contributed by atoms with Crippen LogP contribution in [0, 0.1) is 0 Å². The maximum absolute atomic E-state index is 14.2. The number of benzene rings is 5. The van der Waals surface area contributed by atoms with E-state index in [1.54, 1.807) is 58.9 Å². The molecule has 0 bridgehead atoms. The van der Waals surface area contributed by atoms with Crippen molar-refractivity contribution in [2.75, 3.05) is 54.4 Å². The molecule has 16 nitrogen and oxygen atoms in total. The molecule has 5 aromatic rings. The van der Waals surface area contributed by atoms with E-state index in [9.17, 15) is 24.0 Å². The molecule has 5 aliphatic rings. The Kier molecular flexibility index (Phi) is 14.3. The molecule has 0 aliphatic carbocycles. The third-order valence-corrected chi connectivity index (χ3v) is 17.6. The van der Waals surface area contributed by atoms with Crippen LogP contribution >= 0.6 is 21.6 Å². The molecule has 3 atom stereocenters. The molecule has 0 radical (unpaired) electrons. The summed E-state index contributed by atoms with van der Waals surface area (Å²) in [4.78, 5) is 80.4. The minimum atomic E-state index is -0.608. The number of para-hydroxylation sites is 2. The Morgan fingerprint density at radius 1 is 0.784 bits per heavy atom. The average molecular weight is 1040 g/mol. The predicted octanol–water partition coefficient (Wildman–Crippen LogP) is 9.52. The summed E-state index contributed by atoms with van der Waals surface area (Å²) in [5, 5.41) is 4.18. The van der Waals surface area contributed by atoms with Crippen LogP contribution in [0.3, 0.4) is 0 Å². The number of carbonyl (C=O) groups is 5. The third kappa shape index (κ3) is 10.3. The Morgan fingerprint density at radius 3 is 2.07 bits per heavy atom. The molecule has 384 valence electrons. The second-order valence-corrected chi connectivity index (χ2v) is 23.1. The lowest BCUT2D eigenvalue weighted by Crippen LogP contribution is -2.39. The van der Waals surface area contributed by atoms with E-state index in [2.05, 4.69) is 42.3 Å². The monoisotopic (exact) mass is 1040 g/mol. The zero-order chi connectivity index (χ0) is 51.8. The van der Waals surface area contributed by atoms with Gasteiger partial charge in [-0.3, -0.25) is 29.1 Å². The van der Waals surface area contributed by atoms with E-state index < -0.39 is 17.8 Å². The highest BCUT2D eigenvalue weighted by Gasteiger charge is 2.39. The molecule has 5 aromatic carbocycles. The number of hydrogen-bond donors (Lipinski definition) is 1. The first-order valence-corrected chi connectivity index (χ1v) is 26.9. The Labute approximate surface area is 438 Å². The first-order valence-electron chi connectivity index (χ1n) is 24.7. The SMILES string of the molecule is COc1cc2c(cc1OCc1cc(COc3cc4c(cc3OC)C(=O)N3c5ccccc5C[C@H]3CN4)cc(N(C)CC(C)(C)SSC(C)CCC(=O)ON3C(=O)CCC3=O)c1)N=C[C@@H]1Cc3ccccc3N1C2=O. The molecule has 74 heavy (non-hydrogen) atoms. The summed E-state index contributed by atoms with van der Waals surface area (Å²) in [5.41, 5.74) is 8.79. The van der Waals surface area contributed by atoms with Gasteiger partial charge >= 0.3 is 5.97 Å². The van der Waals surface area contributed by atoms with Gasteiger partial charge in [0.05, 0.1) is 48.8 Å². The summed E-state index contributed by atoms with van der Waals surface area (Å²) < 4.78 is 24.6. The Morgan fingerprint density at radius 2 is 1.39 bits per heavy atom. The van der Waals surface area contributed by atoms with E-state index in [-0.39, 0.29) is 66.4 Å². The van der Waals surface area contributed by atoms with Crippen LogP contribution in [0.2, 0.25) is 0 Å². The second-order valence-electron chi connectivity index (χ2n) is 19.7. The molecule has 1 saturated heterocycles. The molecule has 1 unspecified atom stereocenters. The lowest BCUT2D eigenvalue weighted by molar-refractivity contribution is -0.197. The summed E-state index contributed by atoms with van der Waals surface area (Å²) in [7, 11) is 8.53. The number of hydroxylamine groups is 2. The van der Waals surface area contributed by atoms with Gasteiger partial charge < -0.3 is 38.9 Å². The topological polar surface area (TPSA) is 169 Å². The van der Waals surface area contributed by atoms with Crippen molar-refractivity contribution < 1.29 is 47.8 Å². The van der Waals surface area contributed by atoms with Gasteiger partial charge in [-0.15, -0.1) is 5.06 Å². The average Bonchev–Trinajstić information content (AvgIpc) is 4.01. The van der Waals surface area contributed by atoms with Gasteiger partial charge in [-0.2, -0.15) is 0 Å². The van der Waals surface area contributed by atoms with E-state index in [0.717, 1.165) is 45.7 Å². The predicted molar refractivity (Wildman–Crippen MR) is 288 cm³/mol. The zero-order valence-corrected chi connectivity index (χ0v) is 43.8.